The lowest BCUT2D eigenvalue weighted by Crippen LogP contribution is -2.43. The van der Waals surface area contributed by atoms with Crippen molar-refractivity contribution in [2.24, 2.45) is 0 Å². The topological polar surface area (TPSA) is 41.1 Å². The highest BCUT2D eigenvalue weighted by atomic mass is 35.5. The van der Waals surface area contributed by atoms with Gasteiger partial charge in [0, 0.05) is 10.6 Å². The molecule has 1 aromatic carbocycles. The van der Waals surface area contributed by atoms with Crippen LogP contribution in [0.25, 0.3) is 0 Å². The molecule has 0 aliphatic heterocycles. The number of benzene rings is 1. The number of hydrogen-bond acceptors (Lipinski definition) is 1. The molecular weight excluding hydrogens is 231 g/mol. The zero-order valence-corrected chi connectivity index (χ0v) is 10.2. The zero-order chi connectivity index (χ0) is 12.3. The first-order chi connectivity index (χ1) is 7.28. The summed E-state index contributed by atoms with van der Waals surface area (Å²) >= 11 is 5.69. The molecular formula is C11H14ClFN2O. The molecule has 5 heteroatoms. The van der Waals surface area contributed by atoms with Crippen LogP contribution in [0, 0.1) is 5.82 Å². The standard InChI is InChI=1S/C11H14ClFN2O/c1-11(2,3)15-10(16)14-9-6-7(12)4-5-8(9)13/h4-6H,1-3H3,(H2,14,15,16). The van der Waals surface area contributed by atoms with Crippen LogP contribution in [0.15, 0.2) is 18.2 Å². The first-order valence-corrected chi connectivity index (χ1v) is 5.20. The van der Waals surface area contributed by atoms with Crippen LogP contribution in [0.5, 0.6) is 0 Å². The lowest BCUT2D eigenvalue weighted by atomic mass is 10.1. The number of amides is 2. The van der Waals surface area contributed by atoms with Crippen molar-refractivity contribution in [3.63, 3.8) is 0 Å². The molecule has 0 unspecified atom stereocenters. The van der Waals surface area contributed by atoms with Gasteiger partial charge in [-0.3, -0.25) is 0 Å². The molecule has 0 bridgehead atoms. The molecule has 0 aliphatic carbocycles. The number of nitrogens with one attached hydrogen (secondary N) is 2. The Bertz CT molecular complexity index is 401. The van der Waals surface area contributed by atoms with E-state index in [1.54, 1.807) is 0 Å². The SMILES string of the molecule is CC(C)(C)NC(=O)Nc1cc(Cl)ccc1F. The van der Waals surface area contributed by atoms with Crippen molar-refractivity contribution < 1.29 is 9.18 Å². The molecule has 2 N–H and O–H groups in total. The largest absolute Gasteiger partial charge is 0.333 e. The van der Waals surface area contributed by atoms with Gasteiger partial charge >= 0.3 is 6.03 Å². The second kappa shape index (κ2) is 4.70. The van der Waals surface area contributed by atoms with E-state index < -0.39 is 11.8 Å². The fourth-order valence-corrected chi connectivity index (χ4v) is 1.26. The highest BCUT2D eigenvalue weighted by Crippen LogP contribution is 2.19. The molecule has 0 radical (unpaired) electrons. The fraction of sp³-hybridized carbons (Fsp3) is 0.364. The molecule has 0 atom stereocenters. The number of carbonyl (C=O) groups excluding carboxylic acids is 1. The maximum atomic E-state index is 13.3. The van der Waals surface area contributed by atoms with E-state index in [4.69, 9.17) is 11.6 Å². The van der Waals surface area contributed by atoms with Gasteiger partial charge in [0.1, 0.15) is 5.82 Å². The highest BCUT2D eigenvalue weighted by Gasteiger charge is 2.14. The van der Waals surface area contributed by atoms with Gasteiger partial charge in [-0.05, 0) is 39.0 Å². The zero-order valence-electron chi connectivity index (χ0n) is 9.40. The Morgan fingerprint density at radius 1 is 1.38 bits per heavy atom. The summed E-state index contributed by atoms with van der Waals surface area (Å²) in [6.45, 7) is 5.50. The smallest absolute Gasteiger partial charge is 0.319 e. The van der Waals surface area contributed by atoms with Crippen molar-refractivity contribution >= 4 is 23.3 Å². The first-order valence-electron chi connectivity index (χ1n) is 4.82. The van der Waals surface area contributed by atoms with Crippen LogP contribution < -0.4 is 10.6 Å². The molecule has 1 rings (SSSR count). The van der Waals surface area contributed by atoms with Gasteiger partial charge in [-0.1, -0.05) is 11.6 Å². The third kappa shape index (κ3) is 4.06. The molecule has 3 nitrogen and oxygen atoms in total. The van der Waals surface area contributed by atoms with Crippen LogP contribution in [0.3, 0.4) is 0 Å². The quantitative estimate of drug-likeness (QED) is 0.781. The molecule has 88 valence electrons. The summed E-state index contributed by atoms with van der Waals surface area (Å²) in [5, 5.41) is 5.42. The van der Waals surface area contributed by atoms with E-state index in [-0.39, 0.29) is 11.2 Å². The van der Waals surface area contributed by atoms with Crippen molar-refractivity contribution in [2.75, 3.05) is 5.32 Å². The van der Waals surface area contributed by atoms with Crippen molar-refractivity contribution in [1.29, 1.82) is 0 Å². The summed E-state index contributed by atoms with van der Waals surface area (Å²) in [6.07, 6.45) is 0. The van der Waals surface area contributed by atoms with E-state index in [0.29, 0.717) is 5.02 Å². The van der Waals surface area contributed by atoms with E-state index >= 15 is 0 Å². The molecule has 0 saturated heterocycles. The van der Waals surface area contributed by atoms with Crippen molar-refractivity contribution in [1.82, 2.24) is 5.32 Å². The minimum absolute atomic E-state index is 0.0641. The van der Waals surface area contributed by atoms with Gasteiger partial charge in [-0.2, -0.15) is 0 Å². The average molecular weight is 245 g/mol. The predicted molar refractivity (Wildman–Crippen MR) is 63.3 cm³/mol. The van der Waals surface area contributed by atoms with Crippen LogP contribution in [0.2, 0.25) is 5.02 Å². The summed E-state index contributed by atoms with van der Waals surface area (Å²) in [6, 6.07) is 3.52. The Balaban J connectivity index is 2.73. The van der Waals surface area contributed by atoms with Crippen molar-refractivity contribution in [2.45, 2.75) is 26.3 Å². The number of carbonyl (C=O) groups is 1. The summed E-state index contributed by atoms with van der Waals surface area (Å²) < 4.78 is 13.3. The van der Waals surface area contributed by atoms with Gasteiger partial charge in [0.05, 0.1) is 5.69 Å². The highest BCUT2D eigenvalue weighted by molar-refractivity contribution is 6.30. The van der Waals surface area contributed by atoms with Gasteiger partial charge in [0.2, 0.25) is 0 Å². The monoisotopic (exact) mass is 244 g/mol. The van der Waals surface area contributed by atoms with E-state index in [1.807, 2.05) is 20.8 Å². The van der Waals surface area contributed by atoms with Crippen molar-refractivity contribution in [3.05, 3.63) is 29.0 Å². The van der Waals surface area contributed by atoms with E-state index in [2.05, 4.69) is 10.6 Å². The molecule has 2 amide bonds. The number of urea groups is 1. The minimum atomic E-state index is -0.520. The van der Waals surface area contributed by atoms with Gasteiger partial charge in [0.15, 0.2) is 0 Å². The number of hydrogen-bond donors (Lipinski definition) is 2. The molecule has 0 spiro atoms. The van der Waals surface area contributed by atoms with E-state index in [1.165, 1.54) is 18.2 Å². The molecule has 0 heterocycles. The van der Waals surface area contributed by atoms with Crippen LogP contribution in [-0.4, -0.2) is 11.6 Å². The van der Waals surface area contributed by atoms with Gasteiger partial charge in [-0.15, -0.1) is 0 Å². The number of rotatable bonds is 1. The van der Waals surface area contributed by atoms with Gasteiger partial charge in [0.25, 0.3) is 0 Å². The average Bonchev–Trinajstić information content (AvgIpc) is 2.08. The second-order valence-electron chi connectivity index (χ2n) is 4.45. The maximum absolute atomic E-state index is 13.3. The van der Waals surface area contributed by atoms with E-state index in [9.17, 15) is 9.18 Å². The summed E-state index contributed by atoms with van der Waals surface area (Å²) in [5.41, 5.74) is -0.312. The van der Waals surface area contributed by atoms with Crippen LogP contribution in [-0.2, 0) is 0 Å². The van der Waals surface area contributed by atoms with Gasteiger partial charge in [-0.25, -0.2) is 9.18 Å². The Hall–Kier alpha value is -1.29. The van der Waals surface area contributed by atoms with Crippen molar-refractivity contribution in [3.8, 4) is 0 Å². The van der Waals surface area contributed by atoms with E-state index in [0.717, 1.165) is 0 Å². The normalized spacial score (nSPS) is 11.1. The first kappa shape index (κ1) is 12.8. The summed E-state index contributed by atoms with van der Waals surface area (Å²) in [4.78, 5) is 11.5. The Morgan fingerprint density at radius 3 is 2.56 bits per heavy atom. The lowest BCUT2D eigenvalue weighted by Gasteiger charge is -2.20. The minimum Gasteiger partial charge on any atom is -0.333 e. The predicted octanol–water partition coefficient (Wildman–Crippen LogP) is 3.40. The Kier molecular flexibility index (Phi) is 3.75. The number of halogens is 2. The Morgan fingerprint density at radius 2 is 2.00 bits per heavy atom. The molecule has 0 aliphatic rings. The molecule has 0 aromatic heterocycles. The van der Waals surface area contributed by atoms with Crippen LogP contribution >= 0.6 is 11.6 Å². The second-order valence-corrected chi connectivity index (χ2v) is 4.89. The molecule has 0 saturated carbocycles. The lowest BCUT2D eigenvalue weighted by molar-refractivity contribution is 0.243. The number of anilines is 1. The van der Waals surface area contributed by atoms with Gasteiger partial charge < -0.3 is 10.6 Å². The fourth-order valence-electron chi connectivity index (χ4n) is 1.09. The van der Waals surface area contributed by atoms with Crippen LogP contribution in [0.4, 0.5) is 14.9 Å². The maximum Gasteiger partial charge on any atom is 0.319 e. The molecule has 16 heavy (non-hydrogen) atoms. The summed E-state index contributed by atoms with van der Waals surface area (Å²) in [7, 11) is 0. The Labute approximate surface area is 99.0 Å². The molecule has 0 fully saturated rings. The molecule has 1 aromatic rings. The third-order valence-electron chi connectivity index (χ3n) is 1.67. The van der Waals surface area contributed by atoms with Crippen LogP contribution in [0.1, 0.15) is 20.8 Å². The third-order valence-corrected chi connectivity index (χ3v) is 1.90. The summed E-state index contributed by atoms with van der Waals surface area (Å²) in [5.74, 6) is -0.520.